The smallest absolute Gasteiger partial charge is 0.133 e. The highest BCUT2D eigenvalue weighted by Crippen LogP contribution is 1.94. The van der Waals surface area contributed by atoms with E-state index in [9.17, 15) is 0 Å². The van der Waals surface area contributed by atoms with Crippen molar-refractivity contribution in [2.45, 2.75) is 6.42 Å². The van der Waals surface area contributed by atoms with Gasteiger partial charge in [0.15, 0.2) is 0 Å². The Bertz CT molecular complexity index is 187. The number of aryl methyl sites for hydroxylation is 2. The Labute approximate surface area is 78.7 Å². The lowest BCUT2D eigenvalue weighted by atomic mass is 10.5. The highest BCUT2D eigenvalue weighted by atomic mass is 79.9. The summed E-state index contributed by atoms with van der Waals surface area (Å²) in [6.45, 7) is 0. The van der Waals surface area contributed by atoms with Crippen LogP contribution in [0.5, 0.6) is 0 Å². The summed E-state index contributed by atoms with van der Waals surface area (Å²) in [5, 5.41) is 8.56. The fraction of sp³-hybridized carbons (Fsp3) is 0.600. The number of nitrogens with zero attached hydrogens (tertiary/aromatic N) is 3. The molecule has 0 N–H and O–H groups in total. The minimum atomic E-state index is 0. The third-order valence-corrected chi connectivity index (χ3v) is 1.52. The molecule has 1 aromatic rings. The van der Waals surface area contributed by atoms with Crippen molar-refractivity contribution < 1.29 is 0 Å². The van der Waals surface area contributed by atoms with Crippen molar-refractivity contribution in [3.05, 3.63) is 12.2 Å². The van der Waals surface area contributed by atoms with Crippen LogP contribution in [0.2, 0.25) is 0 Å². The molecule has 0 atom stereocenters. The van der Waals surface area contributed by atoms with Gasteiger partial charge in [-0.15, -0.1) is 27.2 Å². The molecule has 0 aliphatic heterocycles. The Kier molecular flexibility index (Phi) is 4.89. The zero-order valence-corrected chi connectivity index (χ0v) is 8.92. The molecule has 0 saturated heterocycles. The average molecular weight is 271 g/mol. The minimum absolute atomic E-state index is 0. The minimum Gasteiger partial charge on any atom is -0.321 e. The zero-order chi connectivity index (χ0) is 6.69. The topological polar surface area (TPSA) is 30.7 Å². The summed E-state index contributed by atoms with van der Waals surface area (Å²) in [5.41, 5.74) is 0. The van der Waals surface area contributed by atoms with E-state index in [1.165, 1.54) is 0 Å². The molecule has 58 valence electrons. The molecule has 0 amide bonds. The number of rotatable bonds is 2. The van der Waals surface area contributed by atoms with Gasteiger partial charge in [-0.05, 0) is 0 Å². The molecule has 1 rings (SSSR count). The third kappa shape index (κ3) is 2.38. The molecule has 0 aliphatic carbocycles. The van der Waals surface area contributed by atoms with Crippen LogP contribution in [-0.4, -0.2) is 20.1 Å². The second kappa shape index (κ2) is 4.85. The summed E-state index contributed by atoms with van der Waals surface area (Å²) < 4.78 is 1.92. The maximum atomic E-state index is 3.89. The van der Waals surface area contributed by atoms with E-state index >= 15 is 0 Å². The molecule has 3 nitrogen and oxygen atoms in total. The van der Waals surface area contributed by atoms with Crippen molar-refractivity contribution in [1.82, 2.24) is 14.8 Å². The van der Waals surface area contributed by atoms with E-state index in [1.54, 1.807) is 6.33 Å². The number of hydrogen-bond donors (Lipinski definition) is 0. The highest BCUT2D eigenvalue weighted by Gasteiger charge is 1.96. The van der Waals surface area contributed by atoms with E-state index in [0.717, 1.165) is 17.6 Å². The van der Waals surface area contributed by atoms with Crippen molar-refractivity contribution in [3.63, 3.8) is 0 Å². The van der Waals surface area contributed by atoms with E-state index in [2.05, 4.69) is 26.1 Å². The summed E-state index contributed by atoms with van der Waals surface area (Å²) in [5.74, 6) is 1.02. The molecule has 0 aliphatic rings. The normalized spacial score (nSPS) is 9.00. The maximum absolute atomic E-state index is 3.89. The van der Waals surface area contributed by atoms with Gasteiger partial charge in [0.2, 0.25) is 0 Å². The number of hydrogen-bond acceptors (Lipinski definition) is 2. The van der Waals surface area contributed by atoms with Crippen LogP contribution in [0, 0.1) is 0 Å². The van der Waals surface area contributed by atoms with Gasteiger partial charge in [0.1, 0.15) is 12.2 Å². The monoisotopic (exact) mass is 269 g/mol. The number of aromatic nitrogens is 3. The lowest BCUT2D eigenvalue weighted by Crippen LogP contribution is -1.96. The van der Waals surface area contributed by atoms with Crippen LogP contribution >= 0.6 is 32.9 Å². The van der Waals surface area contributed by atoms with Gasteiger partial charge < -0.3 is 4.57 Å². The lowest BCUT2D eigenvalue weighted by molar-refractivity contribution is 0.812. The Morgan fingerprint density at radius 2 is 2.40 bits per heavy atom. The summed E-state index contributed by atoms with van der Waals surface area (Å²) in [4.78, 5) is 0. The van der Waals surface area contributed by atoms with Gasteiger partial charge in [0, 0.05) is 18.8 Å². The van der Waals surface area contributed by atoms with E-state index in [1.807, 2.05) is 11.6 Å². The zero-order valence-electron chi connectivity index (χ0n) is 5.62. The summed E-state index contributed by atoms with van der Waals surface area (Å²) in [6, 6.07) is 0. The second-order valence-electron chi connectivity index (χ2n) is 1.80. The predicted molar refractivity (Wildman–Crippen MR) is 48.8 cm³/mol. The number of alkyl halides is 1. The molecule has 1 aromatic heterocycles. The molecule has 0 spiro atoms. The predicted octanol–water partition coefficient (Wildman–Crippen LogP) is 1.33. The van der Waals surface area contributed by atoms with Gasteiger partial charge in [-0.3, -0.25) is 0 Å². The van der Waals surface area contributed by atoms with Crippen molar-refractivity contribution in [3.8, 4) is 0 Å². The van der Waals surface area contributed by atoms with Crippen LogP contribution in [0.25, 0.3) is 0 Å². The third-order valence-electron chi connectivity index (χ3n) is 1.12. The molecule has 0 fully saturated rings. The van der Waals surface area contributed by atoms with Crippen LogP contribution in [0.1, 0.15) is 5.82 Å². The quantitative estimate of drug-likeness (QED) is 0.760. The van der Waals surface area contributed by atoms with Crippen LogP contribution in [-0.2, 0) is 13.5 Å². The first-order chi connectivity index (χ1) is 4.34. The second-order valence-corrected chi connectivity index (χ2v) is 2.59. The largest absolute Gasteiger partial charge is 0.321 e. The van der Waals surface area contributed by atoms with Crippen molar-refractivity contribution >= 4 is 32.9 Å². The van der Waals surface area contributed by atoms with Crippen molar-refractivity contribution in [2.24, 2.45) is 7.05 Å². The van der Waals surface area contributed by atoms with Gasteiger partial charge in [-0.2, -0.15) is 0 Å². The first-order valence-electron chi connectivity index (χ1n) is 2.73. The first-order valence-corrected chi connectivity index (χ1v) is 3.85. The van der Waals surface area contributed by atoms with Crippen molar-refractivity contribution in [2.75, 3.05) is 5.33 Å². The molecule has 5 heteroatoms. The average Bonchev–Trinajstić information content (AvgIpc) is 2.18. The molecular weight excluding hydrogens is 262 g/mol. The SMILES string of the molecule is Br.Cn1cnnc1CCBr. The molecule has 0 radical (unpaired) electrons. The molecule has 0 saturated carbocycles. The number of halogens is 2. The van der Waals surface area contributed by atoms with Crippen LogP contribution < -0.4 is 0 Å². The van der Waals surface area contributed by atoms with Gasteiger partial charge >= 0.3 is 0 Å². The molecule has 0 bridgehead atoms. The van der Waals surface area contributed by atoms with Gasteiger partial charge in [0.05, 0.1) is 0 Å². The van der Waals surface area contributed by atoms with Gasteiger partial charge in [-0.1, -0.05) is 15.9 Å². The standard InChI is InChI=1S/C5H8BrN3.BrH/c1-9-4-7-8-5(9)2-3-6;/h4H,2-3H2,1H3;1H. The fourth-order valence-corrected chi connectivity index (χ4v) is 0.973. The summed E-state index contributed by atoms with van der Waals surface area (Å²) in [7, 11) is 1.94. The lowest BCUT2D eigenvalue weighted by Gasteiger charge is -1.93. The molecular formula is C5H9Br2N3. The molecule has 0 unspecified atom stereocenters. The van der Waals surface area contributed by atoms with E-state index in [-0.39, 0.29) is 17.0 Å². The van der Waals surface area contributed by atoms with Crippen LogP contribution in [0.4, 0.5) is 0 Å². The Morgan fingerprint density at radius 3 is 2.80 bits per heavy atom. The van der Waals surface area contributed by atoms with Crippen LogP contribution in [0.15, 0.2) is 6.33 Å². The summed E-state index contributed by atoms with van der Waals surface area (Å²) in [6.07, 6.45) is 2.65. The molecule has 10 heavy (non-hydrogen) atoms. The van der Waals surface area contributed by atoms with E-state index in [0.29, 0.717) is 0 Å². The Hall–Kier alpha value is 0.1000. The van der Waals surface area contributed by atoms with Gasteiger partial charge in [0.25, 0.3) is 0 Å². The molecule has 0 aromatic carbocycles. The maximum Gasteiger partial charge on any atom is 0.133 e. The van der Waals surface area contributed by atoms with E-state index < -0.39 is 0 Å². The van der Waals surface area contributed by atoms with Crippen LogP contribution in [0.3, 0.4) is 0 Å². The van der Waals surface area contributed by atoms with E-state index in [4.69, 9.17) is 0 Å². The van der Waals surface area contributed by atoms with Gasteiger partial charge in [-0.25, -0.2) is 0 Å². The first kappa shape index (κ1) is 10.1. The molecule has 1 heterocycles. The Morgan fingerprint density at radius 1 is 1.70 bits per heavy atom. The Balaban J connectivity index is 0.000000810. The van der Waals surface area contributed by atoms with Crippen molar-refractivity contribution in [1.29, 1.82) is 0 Å². The highest BCUT2D eigenvalue weighted by molar-refractivity contribution is 9.09. The fourth-order valence-electron chi connectivity index (χ4n) is 0.618. The summed E-state index contributed by atoms with van der Waals surface area (Å²) >= 11 is 3.32.